The van der Waals surface area contributed by atoms with Crippen molar-refractivity contribution in [2.24, 2.45) is 7.05 Å². The molecule has 0 N–H and O–H groups in total. The molecule has 0 saturated carbocycles. The van der Waals surface area contributed by atoms with E-state index in [4.69, 9.17) is 9.47 Å². The minimum absolute atomic E-state index is 0. The van der Waals surface area contributed by atoms with Crippen LogP contribution in [0, 0.1) is 0 Å². The lowest BCUT2D eigenvalue weighted by molar-refractivity contribution is -0.672. The van der Waals surface area contributed by atoms with E-state index in [0.717, 1.165) is 17.5 Å². The van der Waals surface area contributed by atoms with Gasteiger partial charge >= 0.3 is 0 Å². The van der Waals surface area contributed by atoms with Gasteiger partial charge in [0.05, 0.1) is 20.0 Å². The number of hydrogen-bond acceptors (Lipinski definition) is 4. The van der Waals surface area contributed by atoms with E-state index in [1.54, 1.807) is 7.11 Å². The second kappa shape index (κ2) is 18.0. The van der Waals surface area contributed by atoms with Gasteiger partial charge in [-0.2, -0.15) is 4.31 Å². The number of pyridine rings is 1. The number of aryl methyl sites for hydroxylation is 1. The molecule has 204 valence electrons. The van der Waals surface area contributed by atoms with E-state index in [1.165, 1.54) is 68.3 Å². The van der Waals surface area contributed by atoms with Crippen molar-refractivity contribution in [2.45, 2.75) is 84.2 Å². The van der Waals surface area contributed by atoms with Crippen LogP contribution in [0.3, 0.4) is 0 Å². The van der Waals surface area contributed by atoms with Crippen LogP contribution in [0.1, 0.15) is 82.3 Å². The third kappa shape index (κ3) is 12.7. The fraction of sp³-hybridized carbons (Fsp3) is 0.607. The van der Waals surface area contributed by atoms with Gasteiger partial charge < -0.3 is 33.5 Å². The Morgan fingerprint density at radius 1 is 0.861 bits per heavy atom. The molecule has 2 rings (SSSR count). The number of rotatable bonds is 18. The molecule has 6 nitrogen and oxygen atoms in total. The summed E-state index contributed by atoms with van der Waals surface area (Å²) in [5.41, 5.74) is 1.79. The number of halogens is 1. The number of ether oxygens (including phenoxy) is 2. The molecule has 0 atom stereocenters. The predicted octanol–water partition coefficient (Wildman–Crippen LogP) is 2.79. The van der Waals surface area contributed by atoms with Crippen LogP contribution in [0.2, 0.25) is 0 Å². The van der Waals surface area contributed by atoms with Gasteiger partial charge in [0.25, 0.3) is 0 Å². The first-order valence-corrected chi connectivity index (χ1v) is 14.9. The second-order valence-electron chi connectivity index (χ2n) is 9.42. The first-order valence-electron chi connectivity index (χ1n) is 13.0. The molecule has 0 spiro atoms. The maximum Gasteiger partial charge on any atom is 0.211 e. The van der Waals surface area contributed by atoms with E-state index in [9.17, 15) is 8.42 Å². The summed E-state index contributed by atoms with van der Waals surface area (Å²) < 4.78 is 39.8. The largest absolute Gasteiger partial charge is 1.00 e. The quantitative estimate of drug-likeness (QED) is 0.144. The number of nitrogens with zero attached hydrogens (tertiary/aromatic N) is 2. The monoisotopic (exact) mass is 632 g/mol. The van der Waals surface area contributed by atoms with Crippen molar-refractivity contribution in [1.82, 2.24) is 4.31 Å². The van der Waals surface area contributed by atoms with Crippen molar-refractivity contribution in [3.05, 3.63) is 53.9 Å². The number of aromatic nitrogens is 1. The molecular formula is C28H45IN2O4S. The molecule has 1 aromatic heterocycles. The number of sulfonamides is 1. The number of unbranched alkanes of at least 4 members (excludes halogenated alkanes) is 9. The molecular weight excluding hydrogens is 587 g/mol. The Bertz CT molecular complexity index is 985. The number of benzene rings is 1. The normalized spacial score (nSPS) is 11.4. The van der Waals surface area contributed by atoms with Gasteiger partial charge in [0.15, 0.2) is 23.9 Å². The highest BCUT2D eigenvalue weighted by Crippen LogP contribution is 2.29. The summed E-state index contributed by atoms with van der Waals surface area (Å²) in [7, 11) is 0.155. The van der Waals surface area contributed by atoms with Gasteiger partial charge in [0.2, 0.25) is 10.0 Å². The molecule has 0 bridgehead atoms. The highest BCUT2D eigenvalue weighted by molar-refractivity contribution is 7.88. The third-order valence-electron chi connectivity index (χ3n) is 6.17. The molecule has 1 heterocycles. The molecule has 0 radical (unpaired) electrons. The SMILES string of the molecule is CCCCCCCCCCCCOc1ccc(CN(Cc2ccc[n+](C)c2)S(C)(=O)=O)cc1OC.[I-]. The molecule has 2 aromatic rings. The van der Waals surface area contributed by atoms with Crippen molar-refractivity contribution < 1.29 is 46.4 Å². The second-order valence-corrected chi connectivity index (χ2v) is 11.4. The fourth-order valence-corrected chi connectivity index (χ4v) is 4.91. The molecule has 0 saturated heterocycles. The molecule has 8 heteroatoms. The minimum atomic E-state index is -3.39. The Kier molecular flexibility index (Phi) is 16.3. The first-order chi connectivity index (χ1) is 16.8. The van der Waals surface area contributed by atoms with Crippen LogP contribution in [-0.2, 0) is 30.2 Å². The Hall–Kier alpha value is -1.39. The fourth-order valence-electron chi connectivity index (χ4n) is 4.14. The van der Waals surface area contributed by atoms with Crippen molar-refractivity contribution in [3.8, 4) is 11.5 Å². The summed E-state index contributed by atoms with van der Waals surface area (Å²) in [4.78, 5) is 0. The van der Waals surface area contributed by atoms with Gasteiger partial charge in [-0.15, -0.1) is 0 Å². The summed E-state index contributed by atoms with van der Waals surface area (Å²) in [6.07, 6.45) is 18.0. The highest BCUT2D eigenvalue weighted by Gasteiger charge is 2.19. The molecule has 36 heavy (non-hydrogen) atoms. The van der Waals surface area contributed by atoms with Crippen LogP contribution in [0.25, 0.3) is 0 Å². The summed E-state index contributed by atoms with van der Waals surface area (Å²) >= 11 is 0. The van der Waals surface area contributed by atoms with Crippen LogP contribution in [0.4, 0.5) is 0 Å². The Morgan fingerprint density at radius 2 is 1.47 bits per heavy atom. The molecule has 0 amide bonds. The van der Waals surface area contributed by atoms with Crippen molar-refractivity contribution >= 4 is 10.0 Å². The standard InChI is InChI=1S/C28H45N2O4S.HI/c1-5-6-7-8-9-10-11-12-13-14-20-34-27-18-17-25(21-28(27)33-3)23-30(35(4,31)32)24-26-16-15-19-29(2)22-26;/h15-19,21-22H,5-14,20,23-24H2,1-4H3;1H/q+1;/p-1. The lowest BCUT2D eigenvalue weighted by atomic mass is 10.1. The smallest absolute Gasteiger partial charge is 0.211 e. The summed E-state index contributed by atoms with van der Waals surface area (Å²) in [6.45, 7) is 3.50. The molecule has 0 unspecified atom stereocenters. The van der Waals surface area contributed by atoms with E-state index in [0.29, 0.717) is 24.7 Å². The maximum atomic E-state index is 12.4. The summed E-state index contributed by atoms with van der Waals surface area (Å²) in [6, 6.07) is 9.52. The Morgan fingerprint density at radius 3 is 2.06 bits per heavy atom. The lowest BCUT2D eigenvalue weighted by Gasteiger charge is -2.20. The molecule has 0 aliphatic heterocycles. The van der Waals surface area contributed by atoms with E-state index in [1.807, 2.05) is 54.3 Å². The lowest BCUT2D eigenvalue weighted by Crippen LogP contribution is -3.00. The van der Waals surface area contributed by atoms with E-state index in [-0.39, 0.29) is 30.5 Å². The van der Waals surface area contributed by atoms with Gasteiger partial charge in [-0.05, 0) is 30.2 Å². The first kappa shape index (κ1) is 32.6. The predicted molar refractivity (Wildman–Crippen MR) is 142 cm³/mol. The zero-order valence-corrected chi connectivity index (χ0v) is 25.5. The van der Waals surface area contributed by atoms with Gasteiger partial charge in [-0.1, -0.05) is 70.8 Å². The van der Waals surface area contributed by atoms with E-state index < -0.39 is 10.0 Å². The van der Waals surface area contributed by atoms with Crippen molar-refractivity contribution in [2.75, 3.05) is 20.0 Å². The number of methoxy groups -OCH3 is 1. The van der Waals surface area contributed by atoms with E-state index >= 15 is 0 Å². The summed E-state index contributed by atoms with van der Waals surface area (Å²) in [5, 5.41) is 0. The molecule has 0 aliphatic rings. The van der Waals surface area contributed by atoms with Crippen molar-refractivity contribution in [3.63, 3.8) is 0 Å². The van der Waals surface area contributed by atoms with Crippen LogP contribution in [0.5, 0.6) is 11.5 Å². The van der Waals surface area contributed by atoms with Gasteiger partial charge in [-0.25, -0.2) is 13.0 Å². The van der Waals surface area contributed by atoms with Gasteiger partial charge in [0.1, 0.15) is 7.05 Å². The summed E-state index contributed by atoms with van der Waals surface area (Å²) in [5.74, 6) is 1.34. The average molecular weight is 633 g/mol. The van der Waals surface area contributed by atoms with Crippen molar-refractivity contribution in [1.29, 1.82) is 0 Å². The zero-order valence-electron chi connectivity index (χ0n) is 22.5. The Labute approximate surface area is 236 Å². The van der Waals surface area contributed by atoms with Crippen LogP contribution in [-0.4, -0.2) is 32.7 Å². The average Bonchev–Trinajstić information content (AvgIpc) is 2.82. The van der Waals surface area contributed by atoms with Crippen LogP contribution in [0.15, 0.2) is 42.7 Å². The molecule has 0 aliphatic carbocycles. The Balaban J connectivity index is 0.00000648. The topological polar surface area (TPSA) is 59.7 Å². The zero-order chi connectivity index (χ0) is 25.5. The van der Waals surface area contributed by atoms with Gasteiger partial charge in [0, 0.05) is 24.7 Å². The van der Waals surface area contributed by atoms with Gasteiger partial charge in [-0.3, -0.25) is 0 Å². The van der Waals surface area contributed by atoms with Crippen LogP contribution >= 0.6 is 0 Å². The highest BCUT2D eigenvalue weighted by atomic mass is 127. The maximum absolute atomic E-state index is 12.4. The molecule has 0 fully saturated rings. The minimum Gasteiger partial charge on any atom is -1.00 e. The molecule has 1 aromatic carbocycles. The third-order valence-corrected chi connectivity index (χ3v) is 7.37. The van der Waals surface area contributed by atoms with Crippen LogP contribution < -0.4 is 38.0 Å². The number of hydrogen-bond donors (Lipinski definition) is 0. The van der Waals surface area contributed by atoms with E-state index in [2.05, 4.69) is 6.92 Å².